The summed E-state index contributed by atoms with van der Waals surface area (Å²) in [6.45, 7) is 5.38. The first-order valence-electron chi connectivity index (χ1n) is 12.9. The fourth-order valence-electron chi connectivity index (χ4n) is 4.77. The van der Waals surface area contributed by atoms with Gasteiger partial charge in [-0.1, -0.05) is 59.9 Å². The van der Waals surface area contributed by atoms with E-state index < -0.39 is 0 Å². The van der Waals surface area contributed by atoms with Crippen molar-refractivity contribution in [2.24, 2.45) is 0 Å². The number of fused-ring (bicyclic) bond motifs is 4. The summed E-state index contributed by atoms with van der Waals surface area (Å²) in [7, 11) is 0. The molecule has 196 valence electrons. The van der Waals surface area contributed by atoms with Gasteiger partial charge in [0, 0.05) is 32.7 Å². The second-order valence-corrected chi connectivity index (χ2v) is 11.9. The second-order valence-electron chi connectivity index (χ2n) is 9.75. The summed E-state index contributed by atoms with van der Waals surface area (Å²) >= 11 is 3.56. The monoisotopic (exact) mass is 543 g/mol. The summed E-state index contributed by atoms with van der Waals surface area (Å²) in [4.78, 5) is 7.30. The van der Waals surface area contributed by atoms with E-state index in [1.165, 1.54) is 42.6 Å². The molecule has 4 aromatic carbocycles. The second kappa shape index (κ2) is 12.0. The number of aliphatic hydroxyl groups excluding tert-OH is 3. The van der Waals surface area contributed by atoms with Gasteiger partial charge < -0.3 is 20.2 Å². The first-order chi connectivity index (χ1) is 18.5. The quantitative estimate of drug-likeness (QED) is 0.222. The molecule has 0 saturated carbocycles. The number of benzene rings is 4. The summed E-state index contributed by atoms with van der Waals surface area (Å²) in [5.74, 6) is 0. The van der Waals surface area contributed by atoms with Crippen LogP contribution >= 0.6 is 23.5 Å². The molecule has 0 spiro atoms. The smallest absolute Gasteiger partial charge is 0.0682 e. The predicted octanol–water partition coefficient (Wildman–Crippen LogP) is 7.02. The van der Waals surface area contributed by atoms with E-state index in [1.54, 1.807) is 11.8 Å². The lowest BCUT2D eigenvalue weighted by atomic mass is 10.0. The highest BCUT2D eigenvalue weighted by atomic mass is 32.2. The van der Waals surface area contributed by atoms with Crippen molar-refractivity contribution in [2.75, 3.05) is 18.1 Å². The van der Waals surface area contributed by atoms with E-state index in [4.69, 9.17) is 10.2 Å². The lowest BCUT2D eigenvalue weighted by molar-refractivity contribution is 0.281. The maximum atomic E-state index is 9.33. The van der Waals surface area contributed by atoms with Gasteiger partial charge in [-0.25, -0.2) is 0 Å². The van der Waals surface area contributed by atoms with E-state index in [2.05, 4.69) is 79.4 Å². The molecule has 0 aliphatic carbocycles. The van der Waals surface area contributed by atoms with Gasteiger partial charge in [-0.15, -0.1) is 0 Å². The number of anilines is 2. The molecule has 0 saturated heterocycles. The van der Waals surface area contributed by atoms with Crippen LogP contribution in [-0.4, -0.2) is 28.5 Å². The Morgan fingerprint density at radius 3 is 1.82 bits per heavy atom. The van der Waals surface area contributed by atoms with Crippen molar-refractivity contribution in [2.45, 2.75) is 59.5 Å². The van der Waals surface area contributed by atoms with E-state index in [1.807, 2.05) is 23.9 Å². The van der Waals surface area contributed by atoms with Crippen LogP contribution in [0.3, 0.4) is 0 Å². The maximum Gasteiger partial charge on any atom is 0.0682 e. The van der Waals surface area contributed by atoms with Crippen LogP contribution in [0, 0.1) is 13.8 Å². The van der Waals surface area contributed by atoms with E-state index in [0.29, 0.717) is 0 Å². The summed E-state index contributed by atoms with van der Waals surface area (Å²) in [6, 6.07) is 25.4. The van der Waals surface area contributed by atoms with Crippen molar-refractivity contribution in [3.05, 3.63) is 106 Å². The fraction of sp³-hybridized carbons (Fsp3) is 0.250. The molecular formula is C32H33NO3S2. The molecule has 0 unspecified atom stereocenters. The Morgan fingerprint density at radius 1 is 0.632 bits per heavy atom. The normalized spacial score (nSPS) is 13.0. The minimum atomic E-state index is 0.0607. The van der Waals surface area contributed by atoms with E-state index in [0.717, 1.165) is 41.1 Å². The Hall–Kier alpha value is -2.74. The highest BCUT2D eigenvalue weighted by Gasteiger charge is 2.23. The van der Waals surface area contributed by atoms with E-state index >= 15 is 0 Å². The lowest BCUT2D eigenvalue weighted by Gasteiger charge is -2.33. The Balaban J connectivity index is 0.000000158. The molecule has 0 bridgehead atoms. The van der Waals surface area contributed by atoms with Crippen molar-refractivity contribution < 1.29 is 15.3 Å². The number of aryl methyl sites for hydroxylation is 2. The minimum absolute atomic E-state index is 0.0607. The average molecular weight is 544 g/mol. The number of nitrogens with zero attached hydrogens (tertiary/aromatic N) is 1. The standard InChI is InChI=1S/C17H19NO2S.C15H14OS/c1-12-3-5-14-16(9-12)21-17-10-13(11-20)4-6-15(17)18(14)7-2-8-19;1-10-2-4-12-8-13-5-3-11(9-16)7-15(13)17-14(12)6-10/h3-6,9-10,19-20H,2,7-8,11H2,1H3;2-7,16H,8-9H2,1H3. The summed E-state index contributed by atoms with van der Waals surface area (Å²) < 4.78 is 0. The van der Waals surface area contributed by atoms with Gasteiger partial charge in [0.1, 0.15) is 0 Å². The van der Waals surface area contributed by atoms with Crippen LogP contribution in [0.4, 0.5) is 11.4 Å². The van der Waals surface area contributed by atoms with Crippen molar-refractivity contribution in [1.82, 2.24) is 0 Å². The lowest BCUT2D eigenvalue weighted by Crippen LogP contribution is -2.22. The van der Waals surface area contributed by atoms with Crippen LogP contribution in [-0.2, 0) is 19.6 Å². The van der Waals surface area contributed by atoms with E-state index in [9.17, 15) is 5.11 Å². The molecule has 0 atom stereocenters. The van der Waals surface area contributed by atoms with E-state index in [-0.39, 0.29) is 19.8 Å². The molecule has 4 nitrogen and oxygen atoms in total. The molecule has 2 aliphatic heterocycles. The first kappa shape index (κ1) is 26.9. The van der Waals surface area contributed by atoms with Crippen LogP contribution in [0.2, 0.25) is 0 Å². The Kier molecular flexibility index (Phi) is 8.46. The van der Waals surface area contributed by atoms with Crippen molar-refractivity contribution in [1.29, 1.82) is 0 Å². The van der Waals surface area contributed by atoms with Crippen LogP contribution in [0.25, 0.3) is 0 Å². The number of rotatable bonds is 5. The van der Waals surface area contributed by atoms with Gasteiger partial charge in [0.2, 0.25) is 0 Å². The van der Waals surface area contributed by atoms with Crippen molar-refractivity contribution in [3.8, 4) is 0 Å². The third-order valence-electron chi connectivity index (χ3n) is 6.80. The average Bonchev–Trinajstić information content (AvgIpc) is 2.93. The molecule has 38 heavy (non-hydrogen) atoms. The molecule has 6 heteroatoms. The largest absolute Gasteiger partial charge is 0.396 e. The third kappa shape index (κ3) is 5.80. The molecule has 2 aliphatic rings. The molecule has 4 aromatic rings. The van der Waals surface area contributed by atoms with Crippen molar-refractivity contribution in [3.63, 3.8) is 0 Å². The minimum Gasteiger partial charge on any atom is -0.396 e. The number of hydrogen-bond acceptors (Lipinski definition) is 6. The zero-order valence-corrected chi connectivity index (χ0v) is 23.4. The highest BCUT2D eigenvalue weighted by molar-refractivity contribution is 8.00. The third-order valence-corrected chi connectivity index (χ3v) is 9.09. The van der Waals surface area contributed by atoms with Gasteiger partial charge in [0.25, 0.3) is 0 Å². The highest BCUT2D eigenvalue weighted by Crippen LogP contribution is 2.48. The van der Waals surface area contributed by atoms with Crippen LogP contribution in [0.15, 0.2) is 92.4 Å². The molecule has 0 radical (unpaired) electrons. The molecule has 3 N–H and O–H groups in total. The van der Waals surface area contributed by atoms with Gasteiger partial charge in [-0.2, -0.15) is 0 Å². The predicted molar refractivity (Wildman–Crippen MR) is 157 cm³/mol. The summed E-state index contributed by atoms with van der Waals surface area (Å²) in [5.41, 5.74) is 9.59. The molecule has 2 heterocycles. The van der Waals surface area contributed by atoms with Crippen molar-refractivity contribution >= 4 is 34.9 Å². The van der Waals surface area contributed by atoms with Gasteiger partial charge in [-0.3, -0.25) is 0 Å². The zero-order chi connectivity index (χ0) is 26.6. The van der Waals surface area contributed by atoms with Crippen LogP contribution in [0.5, 0.6) is 0 Å². The SMILES string of the molecule is Cc1ccc2c(c1)Sc1cc(CO)ccc1C2.Cc1ccc2c(c1)Sc1cc(CO)ccc1N2CCCO. The van der Waals surface area contributed by atoms with Crippen LogP contribution < -0.4 is 4.90 Å². The van der Waals surface area contributed by atoms with Gasteiger partial charge in [0.15, 0.2) is 0 Å². The van der Waals surface area contributed by atoms with Gasteiger partial charge in [0.05, 0.1) is 24.6 Å². The maximum absolute atomic E-state index is 9.33. The molecular weight excluding hydrogens is 510 g/mol. The topological polar surface area (TPSA) is 63.9 Å². The fourth-order valence-corrected chi connectivity index (χ4v) is 7.26. The Morgan fingerprint density at radius 2 is 1.13 bits per heavy atom. The van der Waals surface area contributed by atoms with Gasteiger partial charge >= 0.3 is 0 Å². The summed E-state index contributed by atoms with van der Waals surface area (Å²) in [6.07, 6.45) is 1.74. The van der Waals surface area contributed by atoms with Crippen LogP contribution in [0.1, 0.15) is 39.8 Å². The zero-order valence-electron chi connectivity index (χ0n) is 21.8. The number of aliphatic hydroxyl groups is 3. The molecule has 0 amide bonds. The Bertz CT molecular complexity index is 1450. The molecule has 0 aromatic heterocycles. The summed E-state index contributed by atoms with van der Waals surface area (Å²) in [5, 5.41) is 27.7. The molecule has 6 rings (SSSR count). The molecule has 0 fully saturated rings. The Labute approximate surface area is 233 Å². The first-order valence-corrected chi connectivity index (χ1v) is 14.5. The van der Waals surface area contributed by atoms with Gasteiger partial charge in [-0.05, 0) is 96.5 Å². The number of hydrogen-bond donors (Lipinski definition) is 3.